The van der Waals surface area contributed by atoms with Crippen molar-refractivity contribution in [1.82, 2.24) is 14.7 Å². The molecule has 2 heterocycles. The van der Waals surface area contributed by atoms with Crippen LogP contribution >= 0.6 is 0 Å². The highest BCUT2D eigenvalue weighted by Crippen LogP contribution is 2.22. The van der Waals surface area contributed by atoms with Gasteiger partial charge in [0.2, 0.25) is 11.8 Å². The molecule has 4 rings (SSSR count). The lowest BCUT2D eigenvalue weighted by atomic mass is 10.0. The monoisotopic (exact) mass is 541 g/mol. The highest BCUT2D eigenvalue weighted by Gasteiger charge is 2.37. The Kier molecular flexibility index (Phi) is 10.2. The first-order valence-electron chi connectivity index (χ1n) is 13.9. The van der Waals surface area contributed by atoms with Crippen LogP contribution in [-0.2, 0) is 16.1 Å². The van der Waals surface area contributed by atoms with Crippen LogP contribution in [0.2, 0.25) is 0 Å². The van der Waals surface area contributed by atoms with Gasteiger partial charge < -0.3 is 24.4 Å². The number of likely N-dealkylation sites (tertiary alicyclic amines) is 1. The first-order chi connectivity index (χ1) is 18.8. The Bertz CT molecular complexity index is 1100. The SMILES string of the molecule is CC(=O)N1CCN(Cc2cccc(OCCCN3CCCCCC3=O)c2)C[C@@](O)(COc2ccc(F)cc2)C1. The molecule has 0 bridgehead atoms. The highest BCUT2D eigenvalue weighted by atomic mass is 19.1. The van der Waals surface area contributed by atoms with E-state index in [-0.39, 0.29) is 30.8 Å². The van der Waals surface area contributed by atoms with E-state index in [9.17, 15) is 19.1 Å². The molecule has 1 atom stereocenters. The van der Waals surface area contributed by atoms with Crippen LogP contribution in [0.4, 0.5) is 4.39 Å². The maximum Gasteiger partial charge on any atom is 0.222 e. The minimum Gasteiger partial charge on any atom is -0.494 e. The van der Waals surface area contributed by atoms with Gasteiger partial charge in [-0.2, -0.15) is 0 Å². The predicted octanol–water partition coefficient (Wildman–Crippen LogP) is 3.47. The summed E-state index contributed by atoms with van der Waals surface area (Å²) in [6.07, 6.45) is 4.61. The summed E-state index contributed by atoms with van der Waals surface area (Å²) in [7, 11) is 0. The minimum absolute atomic E-state index is 0.0262. The molecule has 9 heteroatoms. The summed E-state index contributed by atoms with van der Waals surface area (Å²) >= 11 is 0. The second-order valence-corrected chi connectivity index (χ2v) is 10.7. The third-order valence-electron chi connectivity index (χ3n) is 7.27. The Labute approximate surface area is 230 Å². The van der Waals surface area contributed by atoms with Crippen LogP contribution in [0.3, 0.4) is 0 Å². The zero-order chi connectivity index (χ0) is 27.7. The number of β-amino-alcohol motifs (C(OH)–C–C–N with tert-alkyl or cyclic N) is 1. The summed E-state index contributed by atoms with van der Waals surface area (Å²) < 4.78 is 25.0. The lowest BCUT2D eigenvalue weighted by Crippen LogP contribution is -2.51. The molecule has 2 aromatic rings. The smallest absolute Gasteiger partial charge is 0.222 e. The second-order valence-electron chi connectivity index (χ2n) is 10.7. The Balaban J connectivity index is 1.32. The van der Waals surface area contributed by atoms with Gasteiger partial charge in [-0.15, -0.1) is 0 Å². The number of carbonyl (C=O) groups excluding carboxylic acids is 2. The van der Waals surface area contributed by atoms with Crippen molar-refractivity contribution in [2.45, 2.75) is 51.2 Å². The van der Waals surface area contributed by atoms with Gasteiger partial charge in [-0.1, -0.05) is 18.6 Å². The number of amides is 2. The molecule has 0 unspecified atom stereocenters. The fraction of sp³-hybridized carbons (Fsp3) is 0.533. The summed E-state index contributed by atoms with van der Waals surface area (Å²) in [6.45, 7) is 5.71. The molecule has 8 nitrogen and oxygen atoms in total. The predicted molar refractivity (Wildman–Crippen MR) is 146 cm³/mol. The molecule has 2 aromatic carbocycles. The normalized spacial score (nSPS) is 20.8. The van der Waals surface area contributed by atoms with E-state index >= 15 is 0 Å². The molecule has 2 amide bonds. The quantitative estimate of drug-likeness (QED) is 0.464. The molecule has 212 valence electrons. The molecular weight excluding hydrogens is 501 g/mol. The summed E-state index contributed by atoms with van der Waals surface area (Å²) in [5.41, 5.74) is -0.261. The molecule has 0 radical (unpaired) electrons. The van der Waals surface area contributed by atoms with Gasteiger partial charge in [0.25, 0.3) is 0 Å². The molecule has 2 aliphatic heterocycles. The highest BCUT2D eigenvalue weighted by molar-refractivity contribution is 5.76. The summed E-state index contributed by atoms with van der Waals surface area (Å²) in [4.78, 5) is 30.1. The number of rotatable bonds is 10. The molecule has 0 spiro atoms. The number of aliphatic hydroxyl groups is 1. The number of halogens is 1. The van der Waals surface area contributed by atoms with Gasteiger partial charge in [0, 0.05) is 52.6 Å². The van der Waals surface area contributed by atoms with Crippen LogP contribution in [-0.4, -0.2) is 89.7 Å². The lowest BCUT2D eigenvalue weighted by Gasteiger charge is -2.32. The molecule has 0 saturated carbocycles. The van der Waals surface area contributed by atoms with Gasteiger partial charge in [-0.25, -0.2) is 4.39 Å². The van der Waals surface area contributed by atoms with E-state index in [1.165, 1.54) is 31.2 Å². The molecule has 2 saturated heterocycles. The first kappa shape index (κ1) is 28.8. The van der Waals surface area contributed by atoms with Gasteiger partial charge in [0.1, 0.15) is 29.5 Å². The van der Waals surface area contributed by atoms with Crippen LogP contribution in [0.25, 0.3) is 0 Å². The van der Waals surface area contributed by atoms with Gasteiger partial charge in [0.05, 0.1) is 13.2 Å². The Morgan fingerprint density at radius 2 is 1.82 bits per heavy atom. The van der Waals surface area contributed by atoms with Gasteiger partial charge in [0.15, 0.2) is 0 Å². The van der Waals surface area contributed by atoms with E-state index in [0.29, 0.717) is 45.0 Å². The van der Waals surface area contributed by atoms with Gasteiger partial charge in [-0.3, -0.25) is 14.5 Å². The van der Waals surface area contributed by atoms with E-state index in [0.717, 1.165) is 50.1 Å². The minimum atomic E-state index is -1.30. The van der Waals surface area contributed by atoms with Crippen molar-refractivity contribution in [3.05, 3.63) is 59.9 Å². The standard InChI is InChI=1S/C30H40FN3O5/c1-24(35)34-17-16-32(21-30(37,22-34)23-39-27-12-10-26(31)11-13-27)20-25-7-5-8-28(19-25)38-18-6-15-33-14-4-2-3-9-29(33)36/h5,7-8,10-13,19,37H,2-4,6,9,14-18,20-23H2,1H3/t30-/m0/s1. The Morgan fingerprint density at radius 1 is 1.00 bits per heavy atom. The largest absolute Gasteiger partial charge is 0.494 e. The fourth-order valence-electron chi connectivity index (χ4n) is 5.20. The zero-order valence-corrected chi connectivity index (χ0v) is 22.8. The average Bonchev–Trinajstić information content (AvgIpc) is 3.22. The van der Waals surface area contributed by atoms with Crippen molar-refractivity contribution in [1.29, 1.82) is 0 Å². The number of hydrogen-bond acceptors (Lipinski definition) is 6. The zero-order valence-electron chi connectivity index (χ0n) is 22.8. The molecule has 2 fully saturated rings. The lowest BCUT2D eigenvalue weighted by molar-refractivity contribution is -0.132. The topological polar surface area (TPSA) is 82.6 Å². The second kappa shape index (κ2) is 13.8. The van der Waals surface area contributed by atoms with Gasteiger partial charge in [-0.05, 0) is 61.2 Å². The van der Waals surface area contributed by atoms with Gasteiger partial charge >= 0.3 is 0 Å². The number of benzene rings is 2. The molecule has 39 heavy (non-hydrogen) atoms. The number of carbonyl (C=O) groups is 2. The average molecular weight is 542 g/mol. The van der Waals surface area contributed by atoms with Crippen LogP contribution in [0.15, 0.2) is 48.5 Å². The summed E-state index contributed by atoms with van der Waals surface area (Å²) in [6, 6.07) is 13.6. The summed E-state index contributed by atoms with van der Waals surface area (Å²) in [5, 5.41) is 11.5. The van der Waals surface area contributed by atoms with Crippen LogP contribution in [0.5, 0.6) is 11.5 Å². The van der Waals surface area contributed by atoms with Crippen molar-refractivity contribution >= 4 is 11.8 Å². The number of hydrogen-bond donors (Lipinski definition) is 1. The van der Waals surface area contributed by atoms with Crippen molar-refractivity contribution in [3.8, 4) is 11.5 Å². The Hall–Kier alpha value is -3.17. The van der Waals surface area contributed by atoms with Crippen LogP contribution in [0, 0.1) is 5.82 Å². The third-order valence-corrected chi connectivity index (χ3v) is 7.27. The molecule has 0 aliphatic carbocycles. The van der Waals surface area contributed by atoms with Crippen LogP contribution < -0.4 is 9.47 Å². The van der Waals surface area contributed by atoms with Crippen molar-refractivity contribution in [3.63, 3.8) is 0 Å². The molecule has 2 aliphatic rings. The van der Waals surface area contributed by atoms with E-state index in [1.54, 1.807) is 4.90 Å². The van der Waals surface area contributed by atoms with Crippen LogP contribution in [0.1, 0.15) is 44.6 Å². The summed E-state index contributed by atoms with van der Waals surface area (Å²) in [5.74, 6) is 1.01. The maximum atomic E-state index is 13.3. The maximum absolute atomic E-state index is 13.3. The fourth-order valence-corrected chi connectivity index (χ4v) is 5.20. The van der Waals surface area contributed by atoms with Crippen molar-refractivity contribution in [2.75, 3.05) is 52.5 Å². The third kappa shape index (κ3) is 8.93. The van der Waals surface area contributed by atoms with E-state index < -0.39 is 5.60 Å². The van der Waals surface area contributed by atoms with E-state index in [2.05, 4.69) is 4.90 Å². The Morgan fingerprint density at radius 3 is 2.62 bits per heavy atom. The van der Waals surface area contributed by atoms with Crippen molar-refractivity contribution < 1.29 is 28.6 Å². The molecule has 0 aromatic heterocycles. The number of nitrogens with zero attached hydrogens (tertiary/aromatic N) is 3. The number of ether oxygens (including phenoxy) is 2. The van der Waals surface area contributed by atoms with E-state index in [4.69, 9.17) is 9.47 Å². The molecular formula is C30H40FN3O5. The first-order valence-corrected chi connectivity index (χ1v) is 13.9. The molecule has 1 N–H and O–H groups in total. The van der Waals surface area contributed by atoms with E-state index in [1.807, 2.05) is 29.2 Å². The van der Waals surface area contributed by atoms with Crippen molar-refractivity contribution in [2.24, 2.45) is 0 Å².